The molecule has 10 heteroatoms. The van der Waals surface area contributed by atoms with Gasteiger partial charge in [0.15, 0.2) is 11.4 Å². The van der Waals surface area contributed by atoms with E-state index in [0.717, 1.165) is 11.1 Å². The van der Waals surface area contributed by atoms with E-state index >= 15 is 0 Å². The Morgan fingerprint density at radius 1 is 0.885 bits per heavy atom. The molecule has 0 saturated carbocycles. The maximum atomic E-state index is 11.2. The first kappa shape index (κ1) is 22.5. The van der Waals surface area contributed by atoms with E-state index in [9.17, 15) is 9.59 Å². The molecule has 0 bridgehead atoms. The number of nitrogens with two attached hydrogens (primary N) is 1. The molecule has 140 valence electrons. The summed E-state index contributed by atoms with van der Waals surface area (Å²) in [6.07, 6.45) is 0. The Kier molecular flexibility index (Phi) is 8.65. The zero-order valence-electron chi connectivity index (χ0n) is 14.4. The number of pyridine rings is 2. The number of carbonyl (C=O) groups excluding carboxylic acids is 2. The van der Waals surface area contributed by atoms with Crippen LogP contribution < -0.4 is 5.73 Å². The first-order valence-corrected chi connectivity index (χ1v) is 9.42. The molecule has 2 rings (SSSR count). The van der Waals surface area contributed by atoms with Crippen LogP contribution in [0.4, 0.5) is 5.69 Å². The minimum Gasteiger partial charge on any atom is -0.464 e. The Morgan fingerprint density at radius 2 is 1.31 bits per heavy atom. The largest absolute Gasteiger partial charge is 0.464 e. The summed E-state index contributed by atoms with van der Waals surface area (Å²) in [5.41, 5.74) is 8.16. The molecule has 0 fully saturated rings. The number of methoxy groups -OCH3 is 2. The zero-order chi connectivity index (χ0) is 20.0. The van der Waals surface area contributed by atoms with Crippen LogP contribution in [0.5, 0.6) is 0 Å². The maximum Gasteiger partial charge on any atom is 0.358 e. The molecule has 0 unspecified atom stereocenters. The number of nitrogens with zero attached hydrogens (tertiary/aromatic N) is 2. The van der Waals surface area contributed by atoms with Crippen LogP contribution in [-0.2, 0) is 9.47 Å². The topological polar surface area (TPSA) is 104 Å². The lowest BCUT2D eigenvalue weighted by molar-refractivity contribution is 0.0585. The maximum absolute atomic E-state index is 11.2. The van der Waals surface area contributed by atoms with Crippen molar-refractivity contribution in [2.24, 2.45) is 0 Å². The Morgan fingerprint density at radius 3 is 1.81 bits per heavy atom. The van der Waals surface area contributed by atoms with Crippen molar-refractivity contribution in [1.82, 2.24) is 9.97 Å². The van der Waals surface area contributed by atoms with E-state index in [1.165, 1.54) is 14.2 Å². The van der Waals surface area contributed by atoms with Gasteiger partial charge in [0.25, 0.3) is 0 Å². The van der Waals surface area contributed by atoms with Crippen molar-refractivity contribution >= 4 is 65.4 Å². The molecular weight excluding hydrogens is 538 g/mol. The Labute approximate surface area is 176 Å². The van der Waals surface area contributed by atoms with Gasteiger partial charge in [-0.25, -0.2) is 19.6 Å². The average Bonchev–Trinajstić information content (AvgIpc) is 2.60. The Balaban J connectivity index is 0.000000260. The molecule has 2 aromatic rings. The standard InChI is InChI=1S/C8H7Br2NO2.C8H9BrN2O2/c1-4-3-5(9)6(8(12)13-2)11-7(4)10;1-4-3-5(10)6(8(12)13-2)11-7(4)9/h3H,1-2H3;3H,10H2,1-2H3. The fraction of sp³-hybridized carbons (Fsp3) is 0.250. The molecule has 0 saturated heterocycles. The fourth-order valence-electron chi connectivity index (χ4n) is 1.67. The minimum absolute atomic E-state index is 0.139. The van der Waals surface area contributed by atoms with Crippen molar-refractivity contribution in [3.05, 3.63) is 48.3 Å². The van der Waals surface area contributed by atoms with E-state index in [1.54, 1.807) is 6.07 Å². The van der Waals surface area contributed by atoms with Crippen LogP contribution >= 0.6 is 47.8 Å². The van der Waals surface area contributed by atoms with Gasteiger partial charge in [0.05, 0.1) is 24.4 Å². The van der Waals surface area contributed by atoms with Crippen LogP contribution in [0.25, 0.3) is 0 Å². The van der Waals surface area contributed by atoms with Crippen LogP contribution in [-0.4, -0.2) is 36.1 Å². The first-order valence-electron chi connectivity index (χ1n) is 7.04. The smallest absolute Gasteiger partial charge is 0.358 e. The number of halogens is 3. The third kappa shape index (κ3) is 5.75. The van der Waals surface area contributed by atoms with Crippen LogP contribution in [0, 0.1) is 13.8 Å². The SMILES string of the molecule is COC(=O)c1nc(Br)c(C)cc1Br.COC(=O)c1nc(Br)c(C)cc1N. The summed E-state index contributed by atoms with van der Waals surface area (Å²) >= 11 is 9.68. The highest BCUT2D eigenvalue weighted by Crippen LogP contribution is 2.22. The van der Waals surface area contributed by atoms with Crippen LogP contribution in [0.15, 0.2) is 25.8 Å². The highest BCUT2D eigenvalue weighted by molar-refractivity contribution is 9.11. The third-order valence-corrected chi connectivity index (χ3v) is 5.25. The molecule has 7 nitrogen and oxygen atoms in total. The van der Waals surface area contributed by atoms with E-state index in [1.807, 2.05) is 19.9 Å². The summed E-state index contributed by atoms with van der Waals surface area (Å²) in [6.45, 7) is 3.73. The summed E-state index contributed by atoms with van der Waals surface area (Å²) in [7, 11) is 2.61. The molecular formula is C16H16Br3N3O4. The van der Waals surface area contributed by atoms with Crippen molar-refractivity contribution < 1.29 is 19.1 Å². The Hall–Kier alpha value is -1.52. The molecule has 0 amide bonds. The lowest BCUT2D eigenvalue weighted by atomic mass is 10.2. The lowest BCUT2D eigenvalue weighted by Crippen LogP contribution is -2.09. The molecule has 0 spiro atoms. The molecule has 0 aliphatic heterocycles. The second-order valence-electron chi connectivity index (χ2n) is 4.94. The van der Waals surface area contributed by atoms with Crippen LogP contribution in [0.2, 0.25) is 0 Å². The number of hydrogen-bond acceptors (Lipinski definition) is 7. The summed E-state index contributed by atoms with van der Waals surface area (Å²) in [5.74, 6) is -0.981. The van der Waals surface area contributed by atoms with E-state index in [-0.39, 0.29) is 11.4 Å². The number of rotatable bonds is 2. The van der Waals surface area contributed by atoms with Gasteiger partial charge in [-0.15, -0.1) is 0 Å². The Bertz CT molecular complexity index is 774. The third-order valence-electron chi connectivity index (χ3n) is 3.04. The molecule has 0 radical (unpaired) electrons. The van der Waals surface area contributed by atoms with Crippen LogP contribution in [0.3, 0.4) is 0 Å². The number of ether oxygens (including phenoxy) is 2. The highest BCUT2D eigenvalue weighted by atomic mass is 79.9. The van der Waals surface area contributed by atoms with Gasteiger partial charge in [0.1, 0.15) is 9.21 Å². The van der Waals surface area contributed by atoms with Gasteiger partial charge in [-0.1, -0.05) is 0 Å². The molecule has 0 aliphatic carbocycles. The van der Waals surface area contributed by atoms with E-state index < -0.39 is 11.9 Å². The second-order valence-corrected chi connectivity index (χ2v) is 7.30. The van der Waals surface area contributed by atoms with Crippen molar-refractivity contribution in [3.8, 4) is 0 Å². The normalized spacial score (nSPS) is 9.81. The second kappa shape index (κ2) is 9.98. The van der Waals surface area contributed by atoms with Crippen molar-refractivity contribution in [2.75, 3.05) is 20.0 Å². The zero-order valence-corrected chi connectivity index (χ0v) is 19.2. The van der Waals surface area contributed by atoms with Gasteiger partial charge < -0.3 is 15.2 Å². The first-order chi connectivity index (χ1) is 12.1. The van der Waals surface area contributed by atoms with E-state index in [0.29, 0.717) is 19.4 Å². The van der Waals surface area contributed by atoms with Gasteiger partial charge in [-0.3, -0.25) is 0 Å². The fourth-order valence-corrected chi connectivity index (χ4v) is 2.85. The molecule has 0 atom stereocenters. The summed E-state index contributed by atoms with van der Waals surface area (Å²) in [5, 5.41) is 0. The summed E-state index contributed by atoms with van der Waals surface area (Å²) < 4.78 is 11.0. The van der Waals surface area contributed by atoms with Gasteiger partial charge in [-0.2, -0.15) is 0 Å². The molecule has 2 heterocycles. The number of nitrogen functional groups attached to an aromatic ring is 1. The van der Waals surface area contributed by atoms with Gasteiger partial charge in [0.2, 0.25) is 0 Å². The number of carbonyl (C=O) groups is 2. The van der Waals surface area contributed by atoms with Gasteiger partial charge >= 0.3 is 11.9 Å². The number of anilines is 1. The van der Waals surface area contributed by atoms with Gasteiger partial charge in [-0.05, 0) is 84.9 Å². The number of esters is 2. The average molecular weight is 554 g/mol. The van der Waals surface area contributed by atoms with Crippen LogP contribution in [0.1, 0.15) is 32.1 Å². The number of aryl methyl sites for hydroxylation is 2. The molecule has 0 aromatic carbocycles. The van der Waals surface area contributed by atoms with E-state index in [4.69, 9.17) is 5.73 Å². The molecule has 0 aliphatic rings. The highest BCUT2D eigenvalue weighted by Gasteiger charge is 2.14. The summed E-state index contributed by atoms with van der Waals surface area (Å²) in [6, 6.07) is 3.48. The van der Waals surface area contributed by atoms with Crippen molar-refractivity contribution in [3.63, 3.8) is 0 Å². The number of aromatic nitrogens is 2. The predicted octanol–water partition coefficient (Wildman–Crippen LogP) is 4.22. The van der Waals surface area contributed by atoms with Crippen molar-refractivity contribution in [2.45, 2.75) is 13.8 Å². The molecule has 2 N–H and O–H groups in total. The monoisotopic (exact) mass is 551 g/mol. The number of hydrogen-bond donors (Lipinski definition) is 1. The van der Waals surface area contributed by atoms with Gasteiger partial charge in [0, 0.05) is 0 Å². The predicted molar refractivity (Wildman–Crippen MR) is 108 cm³/mol. The lowest BCUT2D eigenvalue weighted by Gasteiger charge is -2.04. The quantitative estimate of drug-likeness (QED) is 0.438. The molecule has 26 heavy (non-hydrogen) atoms. The molecule has 2 aromatic heterocycles. The van der Waals surface area contributed by atoms with Crippen molar-refractivity contribution in [1.29, 1.82) is 0 Å². The summed E-state index contributed by atoms with van der Waals surface area (Å²) in [4.78, 5) is 30.3. The van der Waals surface area contributed by atoms with E-state index in [2.05, 4.69) is 67.2 Å². The minimum atomic E-state index is -0.529.